The SMILES string of the molecule is CC(C)c1cnn2c(N[C@@H](C)c3ccccc3)nc(S(=O)C3CCNCC3)nc12.Cc1nc(N[C@@H](C)c2ccccc2)n2ncc(C(C)C)c2n1.O=S=O.SC1CCCCC1. The first kappa shape index (κ1) is 47.5. The molecule has 0 amide bonds. The zero-order valence-corrected chi connectivity index (χ0v) is 38.8. The number of piperidine rings is 1. The minimum Gasteiger partial charge on any atom is -0.348 e. The number of nitrogens with zero attached hydrogens (tertiary/aromatic N) is 8. The van der Waals surface area contributed by atoms with Crippen molar-refractivity contribution in [2.45, 2.75) is 133 Å². The number of aromatic nitrogens is 8. The van der Waals surface area contributed by atoms with Gasteiger partial charge in [-0.3, -0.25) is 4.21 Å². The van der Waals surface area contributed by atoms with Crippen molar-refractivity contribution >= 4 is 58.2 Å². The Morgan fingerprint density at radius 1 is 0.689 bits per heavy atom. The Kier molecular flexibility index (Phi) is 18.4. The van der Waals surface area contributed by atoms with Gasteiger partial charge in [0.1, 0.15) is 5.82 Å². The molecule has 6 aromatic rings. The van der Waals surface area contributed by atoms with Gasteiger partial charge < -0.3 is 16.0 Å². The number of fused-ring (bicyclic) bond motifs is 2. The summed E-state index contributed by atoms with van der Waals surface area (Å²) in [7, 11) is -1.24. The second-order valence-corrected chi connectivity index (χ2v) is 18.6. The molecule has 2 aromatic carbocycles. The van der Waals surface area contributed by atoms with Gasteiger partial charge in [-0.2, -0.15) is 50.2 Å². The Labute approximate surface area is 371 Å². The van der Waals surface area contributed by atoms with Crippen molar-refractivity contribution in [3.63, 3.8) is 0 Å². The average Bonchev–Trinajstić information content (AvgIpc) is 3.91. The number of hydrogen-bond acceptors (Lipinski definition) is 13. The fourth-order valence-corrected chi connectivity index (χ4v) is 8.92. The smallest absolute Gasteiger partial charge is 0.335 e. The van der Waals surface area contributed by atoms with Crippen molar-refractivity contribution in [3.8, 4) is 0 Å². The fourth-order valence-electron chi connectivity index (χ4n) is 7.24. The lowest BCUT2D eigenvalue weighted by molar-refractivity contribution is 0.517. The van der Waals surface area contributed by atoms with E-state index < -0.39 is 22.4 Å². The second-order valence-electron chi connectivity index (χ2n) is 16.1. The molecular weight excluding hydrogens is 827 g/mol. The largest absolute Gasteiger partial charge is 0.348 e. The fraction of sp³-hybridized carbons (Fsp3) is 0.500. The van der Waals surface area contributed by atoms with Crippen molar-refractivity contribution in [1.29, 1.82) is 0 Å². The molecule has 17 heteroatoms. The van der Waals surface area contributed by atoms with E-state index in [0.717, 1.165) is 70.9 Å². The molecule has 0 spiro atoms. The van der Waals surface area contributed by atoms with Crippen LogP contribution in [0.25, 0.3) is 11.3 Å². The first-order chi connectivity index (χ1) is 29.4. The Morgan fingerprint density at radius 3 is 1.59 bits per heavy atom. The van der Waals surface area contributed by atoms with Crippen LogP contribution in [0, 0.1) is 6.92 Å². The zero-order chi connectivity index (χ0) is 43.9. The molecule has 5 heterocycles. The van der Waals surface area contributed by atoms with Crippen molar-refractivity contribution in [2.24, 2.45) is 0 Å². The third kappa shape index (κ3) is 13.2. The predicted octanol–water partition coefficient (Wildman–Crippen LogP) is 8.59. The molecular formula is C44H61N11O3S3. The van der Waals surface area contributed by atoms with E-state index in [1.807, 2.05) is 55.7 Å². The van der Waals surface area contributed by atoms with E-state index in [4.69, 9.17) is 13.4 Å². The van der Waals surface area contributed by atoms with Gasteiger partial charge in [-0.25, -0.2) is 9.97 Å². The zero-order valence-electron chi connectivity index (χ0n) is 36.3. The highest BCUT2D eigenvalue weighted by Crippen LogP contribution is 2.27. The maximum atomic E-state index is 13.3. The summed E-state index contributed by atoms with van der Waals surface area (Å²) in [5.41, 5.74) is 6.15. The van der Waals surface area contributed by atoms with E-state index in [-0.39, 0.29) is 23.3 Å². The normalized spacial score (nSPS) is 16.0. The molecule has 1 aliphatic heterocycles. The number of anilines is 2. The average molecular weight is 888 g/mol. The lowest BCUT2D eigenvalue weighted by Crippen LogP contribution is -2.34. The quantitative estimate of drug-likeness (QED) is 0.0967. The topological polar surface area (TPSA) is 173 Å². The summed E-state index contributed by atoms with van der Waals surface area (Å²) in [6, 6.07) is 20.7. The molecule has 1 saturated heterocycles. The molecule has 1 saturated carbocycles. The molecule has 61 heavy (non-hydrogen) atoms. The van der Waals surface area contributed by atoms with E-state index >= 15 is 0 Å². The number of benzene rings is 2. The van der Waals surface area contributed by atoms with E-state index in [1.165, 1.54) is 37.7 Å². The van der Waals surface area contributed by atoms with Gasteiger partial charge in [0.2, 0.25) is 17.1 Å². The van der Waals surface area contributed by atoms with Crippen LogP contribution >= 0.6 is 12.6 Å². The van der Waals surface area contributed by atoms with Gasteiger partial charge in [-0.05, 0) is 82.5 Å². The molecule has 328 valence electrons. The van der Waals surface area contributed by atoms with Crippen LogP contribution in [-0.2, 0) is 22.4 Å². The maximum Gasteiger partial charge on any atom is 0.335 e. The summed E-state index contributed by atoms with van der Waals surface area (Å²) >= 11 is 3.61. The molecule has 8 rings (SSSR count). The molecule has 14 nitrogen and oxygen atoms in total. The molecule has 3 N–H and O–H groups in total. The van der Waals surface area contributed by atoms with Crippen LogP contribution in [0.5, 0.6) is 0 Å². The minimum absolute atomic E-state index is 0.0289. The van der Waals surface area contributed by atoms with Gasteiger partial charge in [0.05, 0.1) is 35.3 Å². The molecule has 1 unspecified atom stereocenters. The van der Waals surface area contributed by atoms with Crippen LogP contribution in [0.2, 0.25) is 0 Å². The van der Waals surface area contributed by atoms with Gasteiger partial charge in [-0.1, -0.05) is 108 Å². The van der Waals surface area contributed by atoms with Crippen LogP contribution in [0.15, 0.2) is 78.2 Å². The molecule has 3 atom stereocenters. The summed E-state index contributed by atoms with van der Waals surface area (Å²) in [5.74, 6) is 2.70. The van der Waals surface area contributed by atoms with E-state index in [9.17, 15) is 4.21 Å². The Bertz CT molecular complexity index is 2320. The van der Waals surface area contributed by atoms with Crippen LogP contribution in [-0.4, -0.2) is 75.4 Å². The summed E-state index contributed by atoms with van der Waals surface area (Å²) in [4.78, 5) is 18.4. The first-order valence-electron chi connectivity index (χ1n) is 21.2. The summed E-state index contributed by atoms with van der Waals surface area (Å²) < 4.78 is 33.4. The minimum atomic E-state index is -1.24. The Morgan fingerprint density at radius 2 is 1.15 bits per heavy atom. The van der Waals surface area contributed by atoms with Gasteiger partial charge in [-0.15, -0.1) is 0 Å². The number of hydrogen-bond donors (Lipinski definition) is 4. The van der Waals surface area contributed by atoms with Gasteiger partial charge in [0.25, 0.3) is 0 Å². The third-order valence-electron chi connectivity index (χ3n) is 10.8. The highest BCUT2D eigenvalue weighted by Gasteiger charge is 2.26. The molecule has 2 fully saturated rings. The highest BCUT2D eigenvalue weighted by atomic mass is 32.2. The molecule has 4 aromatic heterocycles. The molecule has 0 bridgehead atoms. The summed E-state index contributed by atoms with van der Waals surface area (Å²) in [5, 5.41) is 20.4. The van der Waals surface area contributed by atoms with Gasteiger partial charge in [0, 0.05) is 21.6 Å². The lowest BCUT2D eigenvalue weighted by atomic mass is 10.0. The number of aryl methyl sites for hydroxylation is 1. The lowest BCUT2D eigenvalue weighted by Gasteiger charge is -2.22. The first-order valence-corrected chi connectivity index (χ1v) is 23.6. The summed E-state index contributed by atoms with van der Waals surface area (Å²) in [6.07, 6.45) is 12.4. The predicted molar refractivity (Wildman–Crippen MR) is 249 cm³/mol. The van der Waals surface area contributed by atoms with E-state index in [0.29, 0.717) is 17.0 Å². The summed E-state index contributed by atoms with van der Waals surface area (Å²) in [6.45, 7) is 16.4. The van der Waals surface area contributed by atoms with Crippen molar-refractivity contribution < 1.29 is 12.6 Å². The highest BCUT2D eigenvalue weighted by molar-refractivity contribution is 7.85. The van der Waals surface area contributed by atoms with Crippen LogP contribution in [0.3, 0.4) is 0 Å². The van der Waals surface area contributed by atoms with Crippen LogP contribution in [0.1, 0.15) is 138 Å². The number of thiol groups is 1. The standard InChI is InChI=1S/C21H28N6OS.C17H21N5.C6H12S.O2S/c1-14(2)18-13-23-27-19(18)25-21(29(28)17-9-11-22-12-10-17)26-20(27)24-15(3)16-7-5-4-6-8-16;1-11(2)15-10-18-22-16(15)20-13(4)21-17(22)19-12(3)14-8-6-5-7-9-14;7-6-4-2-1-3-5-6;1-3-2/h4-8,13-15,17,22H,9-12H2,1-3H3,(H,24,25,26);5-12H,1-4H3,(H,19,20,21);6-7H,1-5H2;/t15-,29?;12-;;/m00../s1. The van der Waals surface area contributed by atoms with Crippen molar-refractivity contribution in [1.82, 2.24) is 44.5 Å². The van der Waals surface area contributed by atoms with Crippen molar-refractivity contribution in [2.75, 3.05) is 23.7 Å². The van der Waals surface area contributed by atoms with E-state index in [2.05, 4.69) is 120 Å². The Hall–Kier alpha value is -4.58. The third-order valence-corrected chi connectivity index (χ3v) is 12.9. The monoisotopic (exact) mass is 887 g/mol. The Balaban J connectivity index is 0.000000193. The van der Waals surface area contributed by atoms with Crippen molar-refractivity contribution in [3.05, 3.63) is 101 Å². The van der Waals surface area contributed by atoms with E-state index in [1.54, 1.807) is 9.03 Å². The maximum absolute atomic E-state index is 13.3. The van der Waals surface area contributed by atoms with Crippen LogP contribution < -0.4 is 16.0 Å². The number of nitrogens with one attached hydrogen (secondary N) is 3. The number of rotatable bonds is 10. The van der Waals surface area contributed by atoms with Gasteiger partial charge in [0.15, 0.2) is 11.3 Å². The molecule has 0 radical (unpaired) electrons. The molecule has 1 aliphatic carbocycles. The molecule has 2 aliphatic rings. The second kappa shape index (κ2) is 23.6. The van der Waals surface area contributed by atoms with Crippen LogP contribution in [0.4, 0.5) is 11.9 Å². The van der Waals surface area contributed by atoms with Gasteiger partial charge >= 0.3 is 11.6 Å².